The van der Waals surface area contributed by atoms with Crippen LogP contribution >= 0.6 is 0 Å². The minimum atomic E-state index is -0.472. The minimum absolute atomic E-state index is 0.234. The molecular weight excluding hydrogens is 108 g/mol. The van der Waals surface area contributed by atoms with Gasteiger partial charge in [0.05, 0.1) is 0 Å². The van der Waals surface area contributed by atoms with Gasteiger partial charge in [0.25, 0.3) is 0 Å². The molecule has 4 nitrogen and oxygen atoms in total. The van der Waals surface area contributed by atoms with Crippen LogP contribution in [0.5, 0.6) is 0 Å². The molecule has 46 valence electrons. The molecule has 1 saturated heterocycles. The fourth-order valence-corrected chi connectivity index (χ4v) is 0.575. The number of carbonyl (C=O) groups is 1. The summed E-state index contributed by atoms with van der Waals surface area (Å²) >= 11 is 0. The summed E-state index contributed by atoms with van der Waals surface area (Å²) in [6.07, 6.45) is -0.234. The minimum Gasteiger partial charge on any atom is -0.457 e. The molecule has 0 aromatic heterocycles. The summed E-state index contributed by atoms with van der Waals surface area (Å²) in [7, 11) is 0. The summed E-state index contributed by atoms with van der Waals surface area (Å²) in [6.45, 7) is 0.326. The van der Waals surface area contributed by atoms with Crippen LogP contribution in [-0.4, -0.2) is 24.7 Å². The van der Waals surface area contributed by atoms with E-state index < -0.39 is 6.04 Å². The number of hydrogen-bond donors (Lipinski definition) is 2. The van der Waals surface area contributed by atoms with E-state index in [9.17, 15) is 4.79 Å². The summed E-state index contributed by atoms with van der Waals surface area (Å²) in [5.41, 5.74) is 10.4. The van der Waals surface area contributed by atoms with E-state index >= 15 is 0 Å². The first-order valence-electron chi connectivity index (χ1n) is 2.42. The zero-order valence-corrected chi connectivity index (χ0v) is 4.33. The Kier molecular flexibility index (Phi) is 1.19. The maximum absolute atomic E-state index is 10.2. The van der Waals surface area contributed by atoms with Gasteiger partial charge in [0.15, 0.2) is 0 Å². The first kappa shape index (κ1) is 5.53. The quantitative estimate of drug-likeness (QED) is 0.396. The van der Waals surface area contributed by atoms with Crippen molar-refractivity contribution in [2.45, 2.75) is 12.1 Å². The van der Waals surface area contributed by atoms with Gasteiger partial charge in [0.2, 0.25) is 0 Å². The topological polar surface area (TPSA) is 78.3 Å². The Morgan fingerprint density at radius 2 is 2.38 bits per heavy atom. The second-order valence-corrected chi connectivity index (χ2v) is 1.74. The number of rotatable bonds is 1. The highest BCUT2D eigenvalue weighted by atomic mass is 16.6. The first-order valence-corrected chi connectivity index (χ1v) is 2.42. The fraction of sp³-hybridized carbons (Fsp3) is 0.750. The van der Waals surface area contributed by atoms with Crippen LogP contribution in [0.25, 0.3) is 0 Å². The first-order chi connectivity index (χ1) is 3.75. The molecule has 0 bridgehead atoms. The average molecular weight is 116 g/mol. The molecule has 0 saturated carbocycles. The van der Waals surface area contributed by atoms with Crippen LogP contribution in [0.3, 0.4) is 0 Å². The van der Waals surface area contributed by atoms with E-state index in [1.807, 2.05) is 0 Å². The molecule has 0 aromatic carbocycles. The Balaban J connectivity index is 2.35. The predicted octanol–water partition coefficient (Wildman–Crippen LogP) is -1.80. The molecule has 1 rings (SSSR count). The summed E-state index contributed by atoms with van der Waals surface area (Å²) in [4.78, 5) is 10.2. The van der Waals surface area contributed by atoms with E-state index in [-0.39, 0.29) is 12.1 Å². The van der Waals surface area contributed by atoms with Crippen LogP contribution in [0.15, 0.2) is 0 Å². The van der Waals surface area contributed by atoms with Crippen LogP contribution in [-0.2, 0) is 9.53 Å². The van der Waals surface area contributed by atoms with E-state index in [4.69, 9.17) is 11.5 Å². The molecule has 0 aromatic rings. The van der Waals surface area contributed by atoms with Crippen molar-refractivity contribution >= 4 is 5.97 Å². The highest BCUT2D eigenvalue weighted by molar-refractivity contribution is 5.81. The van der Waals surface area contributed by atoms with Gasteiger partial charge >= 0.3 is 5.97 Å². The molecule has 0 radical (unpaired) electrons. The molecule has 1 aliphatic rings. The fourth-order valence-electron chi connectivity index (χ4n) is 0.575. The highest BCUT2D eigenvalue weighted by Gasteiger charge is 2.37. The van der Waals surface area contributed by atoms with Gasteiger partial charge < -0.3 is 16.2 Å². The molecule has 1 fully saturated rings. The third-order valence-electron chi connectivity index (χ3n) is 1.17. The lowest BCUT2D eigenvalue weighted by molar-refractivity contribution is -0.172. The summed E-state index contributed by atoms with van der Waals surface area (Å²) in [6, 6.07) is -0.472. The molecule has 1 heterocycles. The molecule has 0 unspecified atom stereocenters. The van der Waals surface area contributed by atoms with Crippen molar-refractivity contribution in [3.05, 3.63) is 0 Å². The molecule has 0 aliphatic carbocycles. The molecular formula is C4H8N2O2. The summed E-state index contributed by atoms with van der Waals surface area (Å²) in [5, 5.41) is 0. The molecule has 4 heteroatoms. The van der Waals surface area contributed by atoms with Crippen molar-refractivity contribution < 1.29 is 9.53 Å². The largest absolute Gasteiger partial charge is 0.457 e. The van der Waals surface area contributed by atoms with Crippen LogP contribution in [0, 0.1) is 0 Å². The number of ether oxygens (including phenoxy) is 1. The average Bonchev–Trinajstić information content (AvgIpc) is 1.81. The van der Waals surface area contributed by atoms with Gasteiger partial charge in [-0.2, -0.15) is 0 Å². The van der Waals surface area contributed by atoms with Crippen molar-refractivity contribution in [2.75, 3.05) is 6.54 Å². The third-order valence-corrected chi connectivity index (χ3v) is 1.17. The highest BCUT2D eigenvalue weighted by Crippen LogP contribution is 2.09. The van der Waals surface area contributed by atoms with Gasteiger partial charge in [-0.3, -0.25) is 4.79 Å². The molecule has 8 heavy (non-hydrogen) atoms. The van der Waals surface area contributed by atoms with Gasteiger partial charge in [-0.25, -0.2) is 0 Å². The number of cyclic esters (lactones) is 1. The van der Waals surface area contributed by atoms with Crippen molar-refractivity contribution in [3.8, 4) is 0 Å². The maximum Gasteiger partial charge on any atom is 0.327 e. The van der Waals surface area contributed by atoms with Crippen molar-refractivity contribution in [1.29, 1.82) is 0 Å². The standard InChI is InChI=1S/C4H8N2O2/c5-1-2-3(6)4(7)8-2/h2-3H,1,5-6H2/t2-,3-/m1/s1. The van der Waals surface area contributed by atoms with Gasteiger partial charge in [0, 0.05) is 6.54 Å². The normalized spacial score (nSPS) is 36.0. The van der Waals surface area contributed by atoms with Crippen LogP contribution in [0.2, 0.25) is 0 Å². The zero-order valence-electron chi connectivity index (χ0n) is 4.33. The Morgan fingerprint density at radius 1 is 1.75 bits per heavy atom. The second kappa shape index (κ2) is 1.72. The molecule has 0 spiro atoms. The van der Waals surface area contributed by atoms with Crippen molar-refractivity contribution in [2.24, 2.45) is 11.5 Å². The third kappa shape index (κ3) is 0.579. The molecule has 2 atom stereocenters. The second-order valence-electron chi connectivity index (χ2n) is 1.74. The van der Waals surface area contributed by atoms with Crippen LogP contribution < -0.4 is 11.5 Å². The predicted molar refractivity (Wildman–Crippen MR) is 26.9 cm³/mol. The van der Waals surface area contributed by atoms with E-state index in [2.05, 4.69) is 4.74 Å². The van der Waals surface area contributed by atoms with E-state index in [0.717, 1.165) is 0 Å². The van der Waals surface area contributed by atoms with Crippen molar-refractivity contribution in [1.82, 2.24) is 0 Å². The number of hydrogen-bond acceptors (Lipinski definition) is 4. The van der Waals surface area contributed by atoms with Crippen LogP contribution in [0.4, 0.5) is 0 Å². The van der Waals surface area contributed by atoms with Crippen molar-refractivity contribution in [3.63, 3.8) is 0 Å². The Bertz CT molecular complexity index is 115. The maximum atomic E-state index is 10.2. The SMILES string of the molecule is NC[C@H]1OC(=O)[C@@H]1N. The van der Waals surface area contributed by atoms with Gasteiger partial charge in [-0.1, -0.05) is 0 Å². The molecule has 1 aliphatic heterocycles. The Hall–Kier alpha value is -0.610. The lowest BCUT2D eigenvalue weighted by atomic mass is 10.1. The molecule has 0 amide bonds. The molecule has 4 N–H and O–H groups in total. The summed E-state index contributed by atoms with van der Waals surface area (Å²) in [5.74, 6) is -0.347. The Morgan fingerprint density at radius 3 is 2.50 bits per heavy atom. The smallest absolute Gasteiger partial charge is 0.327 e. The van der Waals surface area contributed by atoms with E-state index in [0.29, 0.717) is 6.54 Å². The van der Waals surface area contributed by atoms with Crippen LogP contribution in [0.1, 0.15) is 0 Å². The zero-order chi connectivity index (χ0) is 6.15. The lowest BCUT2D eigenvalue weighted by Gasteiger charge is -2.30. The number of carbonyl (C=O) groups excluding carboxylic acids is 1. The lowest BCUT2D eigenvalue weighted by Crippen LogP contribution is -2.58. The number of esters is 1. The monoisotopic (exact) mass is 116 g/mol. The Labute approximate surface area is 46.8 Å². The van der Waals surface area contributed by atoms with E-state index in [1.54, 1.807) is 0 Å². The van der Waals surface area contributed by atoms with Gasteiger partial charge in [-0.15, -0.1) is 0 Å². The van der Waals surface area contributed by atoms with E-state index in [1.165, 1.54) is 0 Å². The summed E-state index contributed by atoms with van der Waals surface area (Å²) < 4.78 is 4.51. The van der Waals surface area contributed by atoms with Gasteiger partial charge in [0.1, 0.15) is 12.1 Å². The van der Waals surface area contributed by atoms with Gasteiger partial charge in [-0.05, 0) is 0 Å². The number of nitrogens with two attached hydrogens (primary N) is 2.